The highest BCUT2D eigenvalue weighted by Gasteiger charge is 2.16. The van der Waals surface area contributed by atoms with Gasteiger partial charge in [0.2, 0.25) is 0 Å². The molecule has 0 aliphatic rings. The Morgan fingerprint density at radius 2 is 1.83 bits per heavy atom. The van der Waals surface area contributed by atoms with E-state index < -0.39 is 5.97 Å². The van der Waals surface area contributed by atoms with Crippen LogP contribution in [0.25, 0.3) is 44.5 Å². The third-order valence-corrected chi connectivity index (χ3v) is 5.47. The Balaban J connectivity index is 1.62. The topological polar surface area (TPSA) is 99.3 Å². The van der Waals surface area contributed by atoms with Crippen molar-refractivity contribution < 1.29 is 19.4 Å². The van der Waals surface area contributed by atoms with Gasteiger partial charge in [0, 0.05) is 5.56 Å². The minimum absolute atomic E-state index is 0.0270. The summed E-state index contributed by atoms with van der Waals surface area (Å²) < 4.78 is 5.76. The summed E-state index contributed by atoms with van der Waals surface area (Å²) in [6.07, 6.45) is 1.70. The van der Waals surface area contributed by atoms with Gasteiger partial charge in [0.15, 0.2) is 11.6 Å². The van der Waals surface area contributed by atoms with Crippen molar-refractivity contribution in [2.24, 2.45) is 0 Å². The fraction of sp³-hybridized carbons (Fsp3) is 0.0833. The maximum atomic E-state index is 11.3. The number of H-pyrrole nitrogens is 1. The highest BCUT2D eigenvalue weighted by atomic mass is 16.4. The third-order valence-electron chi connectivity index (χ3n) is 5.47. The van der Waals surface area contributed by atoms with Gasteiger partial charge < -0.3 is 19.6 Å². The number of aromatic nitrogens is 2. The number of fused-ring (bicyclic) bond motifs is 3. The maximum absolute atomic E-state index is 11.3. The second kappa shape index (κ2) is 6.49. The predicted octanol–water partition coefficient (Wildman–Crippen LogP) is 5.66. The molecule has 0 saturated heterocycles. The molecule has 30 heavy (non-hydrogen) atoms. The molecule has 6 nitrogen and oxygen atoms in total. The van der Waals surface area contributed by atoms with Gasteiger partial charge in [-0.2, -0.15) is 0 Å². The molecule has 3 N–H and O–H groups in total. The van der Waals surface area contributed by atoms with E-state index in [4.69, 9.17) is 4.42 Å². The Morgan fingerprint density at radius 1 is 1.00 bits per heavy atom. The van der Waals surface area contributed by atoms with Gasteiger partial charge in [0.05, 0.1) is 22.7 Å². The van der Waals surface area contributed by atoms with Crippen LogP contribution < -0.4 is 0 Å². The Hall–Kier alpha value is -4.06. The number of imidazole rings is 1. The van der Waals surface area contributed by atoms with Crippen LogP contribution in [0, 0.1) is 13.8 Å². The first-order chi connectivity index (χ1) is 14.4. The van der Waals surface area contributed by atoms with Crippen molar-refractivity contribution in [2.75, 3.05) is 0 Å². The minimum Gasteiger partial charge on any atom is -0.507 e. The first-order valence-electron chi connectivity index (χ1n) is 9.46. The normalized spacial score (nSPS) is 11.4. The van der Waals surface area contributed by atoms with E-state index in [1.165, 1.54) is 23.3 Å². The van der Waals surface area contributed by atoms with Gasteiger partial charge in [-0.15, -0.1) is 0 Å². The standard InChI is InChI=1S/C24H18N2O4/c1-12-3-4-14(7-13(12)2)17-10-20(30-11-17)23-25-18-6-5-15-8-16(24(28)29)9-19(27)21(15)22(18)26-23/h3-11,27H,1-2H3,(H,25,26)(H,28,29). The van der Waals surface area contributed by atoms with Gasteiger partial charge in [-0.05, 0) is 60.2 Å². The highest BCUT2D eigenvalue weighted by molar-refractivity contribution is 6.10. The average molecular weight is 398 g/mol. The van der Waals surface area contributed by atoms with Crippen LogP contribution in [0.15, 0.2) is 59.2 Å². The lowest BCUT2D eigenvalue weighted by Crippen LogP contribution is -1.95. The molecule has 5 rings (SSSR count). The van der Waals surface area contributed by atoms with Crippen molar-refractivity contribution in [3.05, 3.63) is 71.5 Å². The van der Waals surface area contributed by atoms with E-state index in [1.807, 2.05) is 12.1 Å². The summed E-state index contributed by atoms with van der Waals surface area (Å²) in [7, 11) is 0. The van der Waals surface area contributed by atoms with Crippen molar-refractivity contribution in [1.82, 2.24) is 9.97 Å². The Bertz CT molecular complexity index is 1460. The van der Waals surface area contributed by atoms with Crippen molar-refractivity contribution in [1.29, 1.82) is 0 Å². The van der Waals surface area contributed by atoms with Crippen molar-refractivity contribution in [3.8, 4) is 28.5 Å². The van der Waals surface area contributed by atoms with Crippen LogP contribution in [0.4, 0.5) is 0 Å². The average Bonchev–Trinajstić information content (AvgIpc) is 3.36. The van der Waals surface area contributed by atoms with E-state index in [1.54, 1.807) is 12.3 Å². The molecule has 0 spiro atoms. The van der Waals surface area contributed by atoms with E-state index in [9.17, 15) is 15.0 Å². The van der Waals surface area contributed by atoms with Crippen LogP contribution in [0.3, 0.4) is 0 Å². The molecule has 0 amide bonds. The summed E-state index contributed by atoms with van der Waals surface area (Å²) in [5, 5.41) is 20.8. The molecular formula is C24H18N2O4. The van der Waals surface area contributed by atoms with Gasteiger partial charge in [0.25, 0.3) is 0 Å². The Kier molecular flexibility index (Phi) is 3.89. The lowest BCUT2D eigenvalue weighted by atomic mass is 10.0. The monoisotopic (exact) mass is 398 g/mol. The van der Waals surface area contributed by atoms with Gasteiger partial charge in [-0.25, -0.2) is 9.78 Å². The number of aromatic hydroxyl groups is 1. The number of phenolic OH excluding ortho intramolecular Hbond substituents is 1. The number of rotatable bonds is 3. The van der Waals surface area contributed by atoms with Crippen molar-refractivity contribution >= 4 is 27.8 Å². The van der Waals surface area contributed by atoms with Gasteiger partial charge >= 0.3 is 5.97 Å². The number of hydrogen-bond donors (Lipinski definition) is 3. The zero-order valence-electron chi connectivity index (χ0n) is 16.4. The molecule has 5 aromatic rings. The zero-order valence-corrected chi connectivity index (χ0v) is 16.4. The fourth-order valence-electron chi connectivity index (χ4n) is 3.68. The summed E-state index contributed by atoms with van der Waals surface area (Å²) in [4.78, 5) is 19.1. The SMILES string of the molecule is Cc1ccc(-c2coc(-c3nc4c(ccc5cc(C(=O)O)cc(O)c54)[nH]3)c2)cc1C. The number of aromatic amines is 1. The molecule has 2 aromatic heterocycles. The maximum Gasteiger partial charge on any atom is 0.335 e. The van der Waals surface area contributed by atoms with Crippen LogP contribution in [-0.2, 0) is 0 Å². The van der Waals surface area contributed by atoms with Gasteiger partial charge in [-0.3, -0.25) is 0 Å². The first kappa shape index (κ1) is 18.0. The van der Waals surface area contributed by atoms with E-state index in [0.29, 0.717) is 27.9 Å². The molecule has 0 aliphatic heterocycles. The molecular weight excluding hydrogens is 380 g/mol. The summed E-state index contributed by atoms with van der Waals surface area (Å²) >= 11 is 0. The number of carboxylic acids is 1. The number of furan rings is 1. The number of carboxylic acid groups (broad SMARTS) is 1. The molecule has 0 atom stereocenters. The van der Waals surface area contributed by atoms with Crippen molar-refractivity contribution in [3.63, 3.8) is 0 Å². The smallest absolute Gasteiger partial charge is 0.335 e. The molecule has 2 heterocycles. The quantitative estimate of drug-likeness (QED) is 0.364. The molecule has 0 saturated carbocycles. The van der Waals surface area contributed by atoms with Crippen LogP contribution in [-0.4, -0.2) is 26.2 Å². The number of phenols is 1. The second-order valence-electron chi connectivity index (χ2n) is 7.44. The molecule has 148 valence electrons. The number of aryl methyl sites for hydroxylation is 2. The number of carbonyl (C=O) groups is 1. The predicted molar refractivity (Wildman–Crippen MR) is 115 cm³/mol. The zero-order chi connectivity index (χ0) is 21.0. The van der Waals surface area contributed by atoms with E-state index in [2.05, 4.69) is 42.0 Å². The second-order valence-corrected chi connectivity index (χ2v) is 7.44. The van der Waals surface area contributed by atoms with Crippen LogP contribution in [0.1, 0.15) is 21.5 Å². The van der Waals surface area contributed by atoms with E-state index in [0.717, 1.165) is 16.6 Å². The molecule has 0 bridgehead atoms. The number of aromatic carboxylic acids is 1. The third kappa shape index (κ3) is 2.81. The lowest BCUT2D eigenvalue weighted by molar-refractivity contribution is 0.0696. The number of nitrogens with zero attached hydrogens (tertiary/aromatic N) is 1. The van der Waals surface area contributed by atoms with Gasteiger partial charge in [0.1, 0.15) is 11.3 Å². The minimum atomic E-state index is -1.09. The van der Waals surface area contributed by atoms with Crippen LogP contribution in [0.5, 0.6) is 5.75 Å². The molecule has 0 unspecified atom stereocenters. The van der Waals surface area contributed by atoms with Crippen LogP contribution >= 0.6 is 0 Å². The Morgan fingerprint density at radius 3 is 2.60 bits per heavy atom. The molecule has 3 aromatic carbocycles. The first-order valence-corrected chi connectivity index (χ1v) is 9.46. The highest BCUT2D eigenvalue weighted by Crippen LogP contribution is 2.35. The summed E-state index contributed by atoms with van der Waals surface area (Å²) in [6, 6.07) is 14.5. The fourth-order valence-corrected chi connectivity index (χ4v) is 3.68. The summed E-state index contributed by atoms with van der Waals surface area (Å²) in [6.45, 7) is 4.15. The largest absolute Gasteiger partial charge is 0.507 e. The van der Waals surface area contributed by atoms with Crippen molar-refractivity contribution in [2.45, 2.75) is 13.8 Å². The van der Waals surface area contributed by atoms with Gasteiger partial charge in [-0.1, -0.05) is 24.3 Å². The molecule has 0 fully saturated rings. The molecule has 0 aliphatic carbocycles. The molecule has 6 heteroatoms. The molecule has 0 radical (unpaired) electrons. The van der Waals surface area contributed by atoms with Crippen LogP contribution in [0.2, 0.25) is 0 Å². The van der Waals surface area contributed by atoms with E-state index >= 15 is 0 Å². The lowest BCUT2D eigenvalue weighted by Gasteiger charge is -2.04. The Labute approximate surface area is 171 Å². The number of benzene rings is 3. The van der Waals surface area contributed by atoms with E-state index in [-0.39, 0.29) is 11.3 Å². The summed E-state index contributed by atoms with van der Waals surface area (Å²) in [5.41, 5.74) is 5.76. The summed E-state index contributed by atoms with van der Waals surface area (Å²) in [5.74, 6) is -0.100. The number of nitrogens with one attached hydrogen (secondary N) is 1. The number of hydrogen-bond acceptors (Lipinski definition) is 4.